The van der Waals surface area contributed by atoms with E-state index in [4.69, 9.17) is 0 Å². The molecule has 0 saturated heterocycles. The molecular weight excluding hydrogens is 218 g/mol. The van der Waals surface area contributed by atoms with Gasteiger partial charge in [-0.3, -0.25) is 4.90 Å². The van der Waals surface area contributed by atoms with Crippen molar-refractivity contribution in [1.29, 1.82) is 0 Å². The lowest BCUT2D eigenvalue weighted by molar-refractivity contribution is 0.265. The summed E-state index contributed by atoms with van der Waals surface area (Å²) in [4.78, 5) is 7.14. The smallest absolute Gasteiger partial charge is 0.107 e. The Labute approximate surface area is 102 Å². The summed E-state index contributed by atoms with van der Waals surface area (Å²) in [5.41, 5.74) is 1.23. The molecule has 0 bridgehead atoms. The van der Waals surface area contributed by atoms with Gasteiger partial charge in [0.2, 0.25) is 0 Å². The van der Waals surface area contributed by atoms with Gasteiger partial charge >= 0.3 is 0 Å². The normalized spacial score (nSPS) is 15.9. The van der Waals surface area contributed by atoms with Gasteiger partial charge in [-0.2, -0.15) is 0 Å². The number of aromatic nitrogens is 1. The molecule has 2 rings (SSSR count). The second kappa shape index (κ2) is 5.75. The average molecular weight is 239 g/mol. The summed E-state index contributed by atoms with van der Waals surface area (Å²) in [6.45, 7) is 6.54. The van der Waals surface area contributed by atoms with Crippen LogP contribution in [0.2, 0.25) is 0 Å². The van der Waals surface area contributed by atoms with Crippen LogP contribution in [0.15, 0.2) is 5.38 Å². The van der Waals surface area contributed by atoms with E-state index >= 15 is 0 Å². The van der Waals surface area contributed by atoms with E-state index in [1.807, 2.05) is 7.05 Å². The Hall–Kier alpha value is -0.450. The summed E-state index contributed by atoms with van der Waals surface area (Å²) < 4.78 is 0. The largest absolute Gasteiger partial charge is 0.314 e. The first kappa shape index (κ1) is 12.0. The lowest BCUT2D eigenvalue weighted by Crippen LogP contribution is -2.25. The first-order valence-electron chi connectivity index (χ1n) is 6.12. The lowest BCUT2D eigenvalue weighted by atomic mass is 10.3. The molecule has 1 aliphatic rings. The molecule has 0 aromatic carbocycles. The zero-order valence-electron chi connectivity index (χ0n) is 10.2. The molecule has 1 heterocycles. The van der Waals surface area contributed by atoms with Gasteiger partial charge in [0, 0.05) is 25.0 Å². The molecule has 90 valence electrons. The molecule has 3 nitrogen and oxygen atoms in total. The monoisotopic (exact) mass is 239 g/mol. The minimum Gasteiger partial charge on any atom is -0.314 e. The van der Waals surface area contributed by atoms with E-state index in [-0.39, 0.29) is 0 Å². The quantitative estimate of drug-likeness (QED) is 0.790. The predicted octanol–water partition coefficient (Wildman–Crippen LogP) is 2.09. The summed E-state index contributed by atoms with van der Waals surface area (Å²) in [7, 11) is 1.96. The van der Waals surface area contributed by atoms with Gasteiger partial charge in [-0.1, -0.05) is 6.92 Å². The van der Waals surface area contributed by atoms with Crippen molar-refractivity contribution in [3.8, 4) is 0 Å². The molecule has 1 aromatic heterocycles. The van der Waals surface area contributed by atoms with Crippen LogP contribution in [0, 0.1) is 5.92 Å². The Morgan fingerprint density at radius 1 is 1.56 bits per heavy atom. The first-order valence-corrected chi connectivity index (χ1v) is 7.00. The number of hydrogen-bond acceptors (Lipinski definition) is 4. The summed E-state index contributed by atoms with van der Waals surface area (Å²) in [6.07, 6.45) is 2.86. The van der Waals surface area contributed by atoms with Crippen molar-refractivity contribution in [2.45, 2.75) is 32.9 Å². The highest BCUT2D eigenvalue weighted by Crippen LogP contribution is 2.30. The number of nitrogens with zero attached hydrogens (tertiary/aromatic N) is 2. The van der Waals surface area contributed by atoms with E-state index in [1.165, 1.54) is 30.1 Å². The Kier molecular flexibility index (Phi) is 4.32. The molecule has 0 aliphatic heterocycles. The fourth-order valence-electron chi connectivity index (χ4n) is 1.85. The van der Waals surface area contributed by atoms with Crippen molar-refractivity contribution >= 4 is 11.3 Å². The summed E-state index contributed by atoms with van der Waals surface area (Å²) in [5.74, 6) is 0.968. The SMILES string of the molecule is CCN(Cc1csc(CNC)n1)CC1CC1. The van der Waals surface area contributed by atoms with Gasteiger partial charge in [0.15, 0.2) is 0 Å². The van der Waals surface area contributed by atoms with Crippen LogP contribution in [-0.4, -0.2) is 30.0 Å². The van der Waals surface area contributed by atoms with Gasteiger partial charge in [0.1, 0.15) is 5.01 Å². The van der Waals surface area contributed by atoms with E-state index in [9.17, 15) is 0 Å². The third kappa shape index (κ3) is 3.54. The van der Waals surface area contributed by atoms with Crippen molar-refractivity contribution in [1.82, 2.24) is 15.2 Å². The van der Waals surface area contributed by atoms with Crippen LogP contribution in [0.3, 0.4) is 0 Å². The van der Waals surface area contributed by atoms with Crippen LogP contribution in [0.5, 0.6) is 0 Å². The van der Waals surface area contributed by atoms with Gasteiger partial charge < -0.3 is 5.32 Å². The Morgan fingerprint density at radius 2 is 2.38 bits per heavy atom. The summed E-state index contributed by atoms with van der Waals surface area (Å²) in [6, 6.07) is 0. The number of hydrogen-bond donors (Lipinski definition) is 1. The lowest BCUT2D eigenvalue weighted by Gasteiger charge is -2.18. The highest BCUT2D eigenvalue weighted by atomic mass is 32.1. The molecule has 1 N–H and O–H groups in total. The molecule has 4 heteroatoms. The average Bonchev–Trinajstić information content (AvgIpc) is 2.99. The van der Waals surface area contributed by atoms with E-state index in [1.54, 1.807) is 11.3 Å². The fourth-order valence-corrected chi connectivity index (χ4v) is 2.65. The fraction of sp³-hybridized carbons (Fsp3) is 0.750. The number of thiazole rings is 1. The highest BCUT2D eigenvalue weighted by molar-refractivity contribution is 7.09. The standard InChI is InChI=1S/C12H21N3S/c1-3-15(7-10-4-5-10)8-11-9-16-12(14-11)6-13-2/h9-10,13H,3-8H2,1-2H3. The molecule has 1 aliphatic carbocycles. The topological polar surface area (TPSA) is 28.2 Å². The number of rotatable bonds is 7. The molecule has 1 saturated carbocycles. The zero-order valence-corrected chi connectivity index (χ0v) is 11.0. The highest BCUT2D eigenvalue weighted by Gasteiger charge is 2.23. The van der Waals surface area contributed by atoms with Gasteiger partial charge in [-0.25, -0.2) is 4.98 Å². The van der Waals surface area contributed by atoms with Crippen LogP contribution in [0.25, 0.3) is 0 Å². The molecule has 0 spiro atoms. The van der Waals surface area contributed by atoms with Crippen LogP contribution in [0.1, 0.15) is 30.5 Å². The molecular formula is C12H21N3S. The van der Waals surface area contributed by atoms with Crippen LogP contribution >= 0.6 is 11.3 Å². The zero-order chi connectivity index (χ0) is 11.4. The number of nitrogens with one attached hydrogen (secondary N) is 1. The Morgan fingerprint density at radius 3 is 3.00 bits per heavy atom. The van der Waals surface area contributed by atoms with Crippen LogP contribution in [-0.2, 0) is 13.1 Å². The van der Waals surface area contributed by atoms with Crippen LogP contribution in [0.4, 0.5) is 0 Å². The second-order valence-corrected chi connectivity index (χ2v) is 5.48. The van der Waals surface area contributed by atoms with Gasteiger partial charge in [0.25, 0.3) is 0 Å². The minimum absolute atomic E-state index is 0.888. The van der Waals surface area contributed by atoms with Crippen molar-refractivity contribution in [3.63, 3.8) is 0 Å². The predicted molar refractivity (Wildman–Crippen MR) is 68.6 cm³/mol. The van der Waals surface area contributed by atoms with E-state index < -0.39 is 0 Å². The van der Waals surface area contributed by atoms with E-state index in [2.05, 4.69) is 27.5 Å². The van der Waals surface area contributed by atoms with Crippen molar-refractivity contribution in [3.05, 3.63) is 16.1 Å². The summed E-state index contributed by atoms with van der Waals surface area (Å²) in [5, 5.41) is 6.53. The van der Waals surface area contributed by atoms with Crippen molar-refractivity contribution < 1.29 is 0 Å². The second-order valence-electron chi connectivity index (χ2n) is 4.53. The van der Waals surface area contributed by atoms with E-state index in [0.717, 1.165) is 25.6 Å². The van der Waals surface area contributed by atoms with Crippen molar-refractivity contribution in [2.75, 3.05) is 20.1 Å². The third-order valence-electron chi connectivity index (χ3n) is 2.97. The van der Waals surface area contributed by atoms with Crippen LogP contribution < -0.4 is 5.32 Å². The maximum Gasteiger partial charge on any atom is 0.107 e. The molecule has 16 heavy (non-hydrogen) atoms. The molecule has 0 unspecified atom stereocenters. The maximum atomic E-state index is 4.63. The molecule has 0 atom stereocenters. The molecule has 0 radical (unpaired) electrons. The van der Waals surface area contributed by atoms with Gasteiger partial charge in [0.05, 0.1) is 5.69 Å². The Balaban J connectivity index is 1.84. The maximum absolute atomic E-state index is 4.63. The van der Waals surface area contributed by atoms with E-state index in [0.29, 0.717) is 0 Å². The summed E-state index contributed by atoms with van der Waals surface area (Å²) >= 11 is 1.76. The van der Waals surface area contributed by atoms with Gasteiger partial charge in [-0.05, 0) is 32.4 Å². The molecule has 0 amide bonds. The van der Waals surface area contributed by atoms with Crippen molar-refractivity contribution in [2.24, 2.45) is 5.92 Å². The molecule has 1 fully saturated rings. The first-order chi connectivity index (χ1) is 7.81. The molecule has 1 aromatic rings. The minimum atomic E-state index is 0.888. The van der Waals surface area contributed by atoms with Gasteiger partial charge in [-0.15, -0.1) is 11.3 Å². The third-order valence-corrected chi connectivity index (χ3v) is 3.87. The Bertz CT molecular complexity index is 320.